The number of hydrogen-bond donors (Lipinski definition) is 2. The molecule has 1 aliphatic heterocycles. The molecule has 27 heavy (non-hydrogen) atoms. The van der Waals surface area contributed by atoms with Crippen molar-refractivity contribution in [3.8, 4) is 0 Å². The Morgan fingerprint density at radius 3 is 2.30 bits per heavy atom. The first kappa shape index (κ1) is 18.9. The number of piperidine rings is 1. The highest BCUT2D eigenvalue weighted by atomic mass is 32.2. The number of likely N-dealkylation sites (tertiary alicyclic amines) is 1. The standard InChI is InChI=1S/C19H21N3O4S/c20-18(23)14-9-11-22(12-10-14)19(24)15-5-4-6-16(13-15)21-27(25,26)17-7-2-1-3-8-17/h1-8,13-14,21H,9-12H2,(H2,20,23). The van der Waals surface area contributed by atoms with Gasteiger partial charge in [-0.2, -0.15) is 0 Å². The van der Waals surface area contributed by atoms with Gasteiger partial charge in [0.05, 0.1) is 4.90 Å². The van der Waals surface area contributed by atoms with Gasteiger partial charge in [0, 0.05) is 30.3 Å². The van der Waals surface area contributed by atoms with E-state index in [1.807, 2.05) is 0 Å². The minimum Gasteiger partial charge on any atom is -0.369 e. The summed E-state index contributed by atoms with van der Waals surface area (Å²) in [5.41, 5.74) is 6.02. The van der Waals surface area contributed by atoms with Crippen molar-refractivity contribution < 1.29 is 18.0 Å². The van der Waals surface area contributed by atoms with Gasteiger partial charge in [-0.3, -0.25) is 14.3 Å². The molecule has 2 aromatic carbocycles. The number of nitrogens with zero attached hydrogens (tertiary/aromatic N) is 1. The maximum Gasteiger partial charge on any atom is 0.261 e. The van der Waals surface area contributed by atoms with E-state index in [0.717, 1.165) is 0 Å². The average Bonchev–Trinajstić information content (AvgIpc) is 2.68. The third-order valence-electron chi connectivity index (χ3n) is 4.60. The highest BCUT2D eigenvalue weighted by Gasteiger charge is 2.26. The maximum absolute atomic E-state index is 12.7. The van der Waals surface area contributed by atoms with Crippen LogP contribution in [0.5, 0.6) is 0 Å². The summed E-state index contributed by atoms with van der Waals surface area (Å²) in [7, 11) is -3.72. The van der Waals surface area contributed by atoms with E-state index in [1.54, 1.807) is 41.3 Å². The third-order valence-corrected chi connectivity index (χ3v) is 6.00. The molecule has 1 aliphatic rings. The fraction of sp³-hybridized carbons (Fsp3) is 0.263. The molecule has 142 valence electrons. The van der Waals surface area contributed by atoms with Crippen LogP contribution in [0.1, 0.15) is 23.2 Å². The number of nitrogens with two attached hydrogens (primary N) is 1. The minimum atomic E-state index is -3.72. The van der Waals surface area contributed by atoms with E-state index in [-0.39, 0.29) is 22.6 Å². The highest BCUT2D eigenvalue weighted by Crippen LogP contribution is 2.21. The third kappa shape index (κ3) is 4.46. The number of benzene rings is 2. The first-order chi connectivity index (χ1) is 12.9. The Kier molecular flexibility index (Phi) is 5.46. The number of amides is 2. The van der Waals surface area contributed by atoms with Crippen LogP contribution in [0.3, 0.4) is 0 Å². The molecule has 0 aromatic heterocycles. The summed E-state index contributed by atoms with van der Waals surface area (Å²) >= 11 is 0. The number of carbonyl (C=O) groups excluding carboxylic acids is 2. The van der Waals surface area contributed by atoms with Crippen molar-refractivity contribution in [3.63, 3.8) is 0 Å². The zero-order valence-corrected chi connectivity index (χ0v) is 15.5. The van der Waals surface area contributed by atoms with Crippen molar-refractivity contribution in [1.29, 1.82) is 0 Å². The molecule has 0 spiro atoms. The predicted octanol–water partition coefficient (Wildman–Crippen LogP) is 1.82. The normalized spacial score (nSPS) is 15.3. The van der Waals surface area contributed by atoms with Gasteiger partial charge in [-0.25, -0.2) is 8.42 Å². The monoisotopic (exact) mass is 387 g/mol. The number of nitrogens with one attached hydrogen (secondary N) is 1. The topological polar surface area (TPSA) is 110 Å². The average molecular weight is 387 g/mol. The molecule has 0 bridgehead atoms. The van der Waals surface area contributed by atoms with E-state index in [9.17, 15) is 18.0 Å². The van der Waals surface area contributed by atoms with Crippen molar-refractivity contribution in [1.82, 2.24) is 4.90 Å². The molecule has 0 aliphatic carbocycles. The Morgan fingerprint density at radius 1 is 1.00 bits per heavy atom. The predicted molar refractivity (Wildman–Crippen MR) is 102 cm³/mol. The van der Waals surface area contributed by atoms with Crippen LogP contribution in [0.2, 0.25) is 0 Å². The highest BCUT2D eigenvalue weighted by molar-refractivity contribution is 7.92. The Bertz CT molecular complexity index is 936. The zero-order valence-electron chi connectivity index (χ0n) is 14.7. The number of hydrogen-bond acceptors (Lipinski definition) is 4. The number of rotatable bonds is 5. The number of carbonyl (C=O) groups is 2. The van der Waals surface area contributed by atoms with Gasteiger partial charge in [-0.05, 0) is 43.2 Å². The van der Waals surface area contributed by atoms with Crippen molar-refractivity contribution in [2.24, 2.45) is 11.7 Å². The Morgan fingerprint density at radius 2 is 1.67 bits per heavy atom. The molecule has 0 atom stereocenters. The molecule has 0 unspecified atom stereocenters. The van der Waals surface area contributed by atoms with Crippen LogP contribution in [-0.4, -0.2) is 38.2 Å². The molecule has 1 saturated heterocycles. The van der Waals surface area contributed by atoms with Crippen molar-refractivity contribution in [3.05, 3.63) is 60.2 Å². The lowest BCUT2D eigenvalue weighted by Crippen LogP contribution is -2.41. The summed E-state index contributed by atoms with van der Waals surface area (Å²) in [6, 6.07) is 14.4. The van der Waals surface area contributed by atoms with Gasteiger partial charge >= 0.3 is 0 Å². The van der Waals surface area contributed by atoms with Gasteiger partial charge in [0.25, 0.3) is 15.9 Å². The second-order valence-electron chi connectivity index (χ2n) is 6.47. The summed E-state index contributed by atoms with van der Waals surface area (Å²) in [5.74, 6) is -0.726. The molecule has 8 heteroatoms. The second-order valence-corrected chi connectivity index (χ2v) is 8.15. The van der Waals surface area contributed by atoms with E-state index < -0.39 is 10.0 Å². The number of anilines is 1. The molecule has 3 rings (SSSR count). The van der Waals surface area contributed by atoms with Crippen molar-refractivity contribution in [2.45, 2.75) is 17.7 Å². The van der Waals surface area contributed by atoms with Crippen molar-refractivity contribution >= 4 is 27.5 Å². The SMILES string of the molecule is NC(=O)C1CCN(C(=O)c2cccc(NS(=O)(=O)c3ccccc3)c2)CC1. The smallest absolute Gasteiger partial charge is 0.261 e. The van der Waals surface area contributed by atoms with Crippen LogP contribution in [0.4, 0.5) is 5.69 Å². The second kappa shape index (κ2) is 7.79. The Balaban J connectivity index is 1.72. The molecule has 2 aromatic rings. The molecule has 1 heterocycles. The van der Waals surface area contributed by atoms with Gasteiger partial charge < -0.3 is 10.6 Å². The van der Waals surface area contributed by atoms with E-state index >= 15 is 0 Å². The van der Waals surface area contributed by atoms with Gasteiger partial charge in [0.2, 0.25) is 5.91 Å². The van der Waals surface area contributed by atoms with Crippen LogP contribution in [-0.2, 0) is 14.8 Å². The summed E-state index contributed by atoms with van der Waals surface area (Å²) in [6.07, 6.45) is 1.09. The molecule has 2 amide bonds. The lowest BCUT2D eigenvalue weighted by atomic mass is 9.96. The summed E-state index contributed by atoms with van der Waals surface area (Å²) in [5, 5.41) is 0. The first-order valence-corrected chi connectivity index (χ1v) is 10.1. The maximum atomic E-state index is 12.7. The minimum absolute atomic E-state index is 0.148. The zero-order chi connectivity index (χ0) is 19.4. The largest absolute Gasteiger partial charge is 0.369 e. The van der Waals surface area contributed by atoms with Crippen molar-refractivity contribution in [2.75, 3.05) is 17.8 Å². The first-order valence-electron chi connectivity index (χ1n) is 8.63. The lowest BCUT2D eigenvalue weighted by Gasteiger charge is -2.30. The van der Waals surface area contributed by atoms with Crippen LogP contribution < -0.4 is 10.5 Å². The van der Waals surface area contributed by atoms with Gasteiger partial charge in [0.1, 0.15) is 0 Å². The van der Waals surface area contributed by atoms with Crippen LogP contribution in [0, 0.1) is 5.92 Å². The van der Waals surface area contributed by atoms with E-state index in [1.165, 1.54) is 18.2 Å². The van der Waals surface area contributed by atoms with E-state index in [2.05, 4.69) is 4.72 Å². The molecule has 7 nitrogen and oxygen atoms in total. The Hall–Kier alpha value is -2.87. The molecule has 3 N–H and O–H groups in total. The number of sulfonamides is 1. The van der Waals surface area contributed by atoms with Crippen LogP contribution in [0.25, 0.3) is 0 Å². The van der Waals surface area contributed by atoms with E-state index in [0.29, 0.717) is 37.2 Å². The fourth-order valence-electron chi connectivity index (χ4n) is 3.08. The molecular weight excluding hydrogens is 366 g/mol. The van der Waals surface area contributed by atoms with Gasteiger partial charge in [-0.1, -0.05) is 24.3 Å². The van der Waals surface area contributed by atoms with E-state index in [4.69, 9.17) is 5.73 Å². The summed E-state index contributed by atoms with van der Waals surface area (Å²) in [6.45, 7) is 0.902. The van der Waals surface area contributed by atoms with Crippen LogP contribution >= 0.6 is 0 Å². The quantitative estimate of drug-likeness (QED) is 0.815. The Labute approximate surface area is 158 Å². The van der Waals surface area contributed by atoms with Crippen LogP contribution in [0.15, 0.2) is 59.5 Å². The van der Waals surface area contributed by atoms with Gasteiger partial charge in [-0.15, -0.1) is 0 Å². The molecule has 0 radical (unpaired) electrons. The molecule has 1 fully saturated rings. The van der Waals surface area contributed by atoms with Gasteiger partial charge in [0.15, 0.2) is 0 Å². The molecular formula is C19H21N3O4S. The lowest BCUT2D eigenvalue weighted by molar-refractivity contribution is -0.123. The molecule has 0 saturated carbocycles. The fourth-order valence-corrected chi connectivity index (χ4v) is 4.15. The summed E-state index contributed by atoms with van der Waals surface area (Å²) < 4.78 is 27.4. The number of primary amides is 1. The summed E-state index contributed by atoms with van der Waals surface area (Å²) in [4.78, 5) is 25.8.